The van der Waals surface area contributed by atoms with Gasteiger partial charge in [-0.2, -0.15) is 4.98 Å². The van der Waals surface area contributed by atoms with Gasteiger partial charge in [0.15, 0.2) is 0 Å². The summed E-state index contributed by atoms with van der Waals surface area (Å²) in [7, 11) is 0. The largest absolute Gasteiger partial charge is 0.402 e. The van der Waals surface area contributed by atoms with Crippen LogP contribution in [0.1, 0.15) is 23.3 Å². The molecule has 0 saturated heterocycles. The molecule has 0 bridgehead atoms. The molecule has 1 aliphatic rings. The van der Waals surface area contributed by atoms with Crippen molar-refractivity contribution >= 4 is 52.2 Å². The number of carbonyl (C=O) groups excluding carboxylic acids is 1. The molecule has 0 radical (unpaired) electrons. The first-order valence-corrected chi connectivity index (χ1v) is 10.9. The van der Waals surface area contributed by atoms with E-state index in [9.17, 15) is 14.9 Å². The van der Waals surface area contributed by atoms with Gasteiger partial charge in [-0.1, -0.05) is 41.9 Å². The normalized spacial score (nSPS) is 13.9. The van der Waals surface area contributed by atoms with E-state index in [1.807, 2.05) is 0 Å². The van der Waals surface area contributed by atoms with E-state index in [2.05, 4.69) is 25.6 Å². The number of carbonyl (C=O) groups is 1. The van der Waals surface area contributed by atoms with Crippen LogP contribution in [-0.2, 0) is 0 Å². The number of anilines is 3. The van der Waals surface area contributed by atoms with E-state index >= 15 is 0 Å². The van der Waals surface area contributed by atoms with Crippen molar-refractivity contribution in [2.24, 2.45) is 22.4 Å². The first-order chi connectivity index (χ1) is 16.8. The summed E-state index contributed by atoms with van der Waals surface area (Å²) in [4.78, 5) is 36.6. The quantitative estimate of drug-likeness (QED) is 0.156. The Bertz CT molecular complexity index is 1340. The van der Waals surface area contributed by atoms with E-state index in [1.165, 1.54) is 6.08 Å². The number of amidine groups is 1. The maximum atomic E-state index is 13.1. The predicted octanol–water partition coefficient (Wildman–Crippen LogP) is 4.28. The number of aliphatic imine (C=N–C) groups is 1. The zero-order valence-corrected chi connectivity index (χ0v) is 19.1. The van der Waals surface area contributed by atoms with E-state index < -0.39 is 28.0 Å². The maximum Gasteiger partial charge on any atom is 0.345 e. The van der Waals surface area contributed by atoms with E-state index in [4.69, 9.17) is 23.1 Å². The van der Waals surface area contributed by atoms with Gasteiger partial charge in [-0.25, -0.2) is 9.98 Å². The lowest BCUT2D eigenvalue weighted by Crippen LogP contribution is -2.18. The van der Waals surface area contributed by atoms with Gasteiger partial charge in [0, 0.05) is 11.4 Å². The Labute approximate surface area is 205 Å². The average molecular weight is 493 g/mol. The van der Waals surface area contributed by atoms with E-state index in [-0.39, 0.29) is 17.7 Å². The second kappa shape index (κ2) is 10.2. The van der Waals surface area contributed by atoms with Crippen molar-refractivity contribution < 1.29 is 9.72 Å². The minimum Gasteiger partial charge on any atom is -0.402 e. The number of amides is 1. The van der Waals surface area contributed by atoms with Gasteiger partial charge in [-0.15, -0.1) is 0 Å². The molecule has 178 valence electrons. The van der Waals surface area contributed by atoms with Gasteiger partial charge in [0.1, 0.15) is 5.84 Å². The molecule has 1 fully saturated rings. The van der Waals surface area contributed by atoms with Crippen LogP contribution in [0, 0.1) is 16.0 Å². The molecule has 4 rings (SSSR count). The first-order valence-electron chi connectivity index (χ1n) is 10.6. The minimum atomic E-state index is -0.824. The van der Waals surface area contributed by atoms with Gasteiger partial charge in [0.2, 0.25) is 17.5 Å². The summed E-state index contributed by atoms with van der Waals surface area (Å²) in [5.74, 6) is -1.23. The van der Waals surface area contributed by atoms with Gasteiger partial charge in [0.25, 0.3) is 5.91 Å². The number of nitro groups is 1. The number of para-hydroxylation sites is 2. The Kier molecular flexibility index (Phi) is 6.88. The Morgan fingerprint density at radius 3 is 2.46 bits per heavy atom. The summed E-state index contributed by atoms with van der Waals surface area (Å²) in [6.07, 6.45) is 3.33. The molecule has 1 amide bonds. The lowest BCUT2D eigenvalue weighted by molar-refractivity contribution is -0.384. The number of nitrogens with two attached hydrogens (primary N) is 2. The number of hydrogen-bond acceptors (Lipinski definition) is 8. The van der Waals surface area contributed by atoms with Crippen molar-refractivity contribution in [3.63, 3.8) is 0 Å². The summed E-state index contributed by atoms with van der Waals surface area (Å²) >= 11 is 6.21. The third-order valence-corrected chi connectivity index (χ3v) is 5.34. The molecule has 1 saturated carbocycles. The van der Waals surface area contributed by atoms with Crippen molar-refractivity contribution in [1.82, 2.24) is 9.97 Å². The summed E-state index contributed by atoms with van der Waals surface area (Å²) in [5.41, 5.74) is 12.1. The lowest BCUT2D eigenvalue weighted by atomic mass is 10.2. The average Bonchev–Trinajstić information content (AvgIpc) is 3.66. The fraction of sp³-hybridized carbons (Fsp3) is 0.130. The van der Waals surface area contributed by atoms with Crippen LogP contribution in [-0.4, -0.2) is 26.6 Å². The second-order valence-corrected chi connectivity index (χ2v) is 8.11. The molecule has 0 atom stereocenters. The van der Waals surface area contributed by atoms with Gasteiger partial charge in [-0.3, -0.25) is 14.9 Å². The third-order valence-electron chi connectivity index (χ3n) is 5.01. The number of nitrogens with zero attached hydrogens (tertiary/aromatic N) is 4. The van der Waals surface area contributed by atoms with Crippen molar-refractivity contribution in [3.05, 3.63) is 87.2 Å². The van der Waals surface area contributed by atoms with Crippen LogP contribution in [0.25, 0.3) is 0 Å². The van der Waals surface area contributed by atoms with Crippen LogP contribution >= 0.6 is 11.6 Å². The Balaban J connectivity index is 1.81. The molecule has 0 spiro atoms. The monoisotopic (exact) mass is 492 g/mol. The van der Waals surface area contributed by atoms with Gasteiger partial charge < -0.3 is 22.1 Å². The van der Waals surface area contributed by atoms with Crippen LogP contribution in [0.4, 0.5) is 28.8 Å². The summed E-state index contributed by atoms with van der Waals surface area (Å²) in [6, 6.07) is 15.2. The smallest absolute Gasteiger partial charge is 0.345 e. The Morgan fingerprint density at radius 2 is 1.80 bits per heavy atom. The highest BCUT2D eigenvalue weighted by Gasteiger charge is 2.30. The van der Waals surface area contributed by atoms with Crippen LogP contribution in [0.3, 0.4) is 0 Å². The number of hydrogen-bond donors (Lipinski definition) is 4. The maximum absolute atomic E-state index is 13.1. The molecule has 2 aromatic carbocycles. The standard InChI is InChI=1S/C23H21ClN8O3/c24-15-8-4-5-9-17(15)28-23-30-19(22(33)27-14-6-2-1-3-7-14)20(32(34)35)21(31-23)29-18(26)12-16(25)13-10-11-13/h1-9,12-13H,10-11,25H2,(H,27,33)(H3,26,28,29,30,31)/b16-12-. The zero-order chi connectivity index (χ0) is 24.9. The van der Waals surface area contributed by atoms with Crippen LogP contribution < -0.4 is 22.1 Å². The molecule has 3 aromatic rings. The van der Waals surface area contributed by atoms with E-state index in [0.717, 1.165) is 12.8 Å². The van der Waals surface area contributed by atoms with Crippen molar-refractivity contribution in [2.45, 2.75) is 12.8 Å². The molecule has 0 aliphatic heterocycles. The van der Waals surface area contributed by atoms with E-state index in [1.54, 1.807) is 54.6 Å². The topological polar surface area (TPSA) is 174 Å². The van der Waals surface area contributed by atoms with Gasteiger partial charge in [0.05, 0.1) is 15.6 Å². The van der Waals surface area contributed by atoms with Crippen LogP contribution in [0.5, 0.6) is 0 Å². The molecule has 35 heavy (non-hydrogen) atoms. The number of aromatic nitrogens is 2. The zero-order valence-electron chi connectivity index (χ0n) is 18.3. The molecule has 0 unspecified atom stereocenters. The van der Waals surface area contributed by atoms with Crippen LogP contribution in [0.2, 0.25) is 5.02 Å². The lowest BCUT2D eigenvalue weighted by Gasteiger charge is -2.11. The SMILES string of the molecule is NC(/C=C(\N)C1CC1)=Nc1nc(Nc2ccccc2Cl)nc(C(=O)Nc2ccccc2)c1[N+](=O)[O-]. The molecule has 1 heterocycles. The number of rotatable bonds is 8. The van der Waals surface area contributed by atoms with Crippen LogP contribution in [0.15, 0.2) is 71.4 Å². The molecule has 12 heteroatoms. The highest BCUT2D eigenvalue weighted by molar-refractivity contribution is 6.33. The summed E-state index contributed by atoms with van der Waals surface area (Å²) in [5, 5.41) is 17.8. The predicted molar refractivity (Wildman–Crippen MR) is 134 cm³/mol. The van der Waals surface area contributed by atoms with E-state index in [0.29, 0.717) is 22.1 Å². The van der Waals surface area contributed by atoms with Gasteiger partial charge in [-0.05, 0) is 49.1 Å². The highest BCUT2D eigenvalue weighted by Crippen LogP contribution is 2.34. The number of halogens is 1. The van der Waals surface area contributed by atoms with Crippen molar-refractivity contribution in [1.29, 1.82) is 0 Å². The molecular weight excluding hydrogens is 472 g/mol. The number of nitrogens with one attached hydrogen (secondary N) is 2. The fourth-order valence-electron chi connectivity index (χ4n) is 3.16. The molecule has 1 aromatic heterocycles. The molecule has 11 nitrogen and oxygen atoms in total. The fourth-order valence-corrected chi connectivity index (χ4v) is 3.34. The number of allylic oxidation sites excluding steroid dienone is 1. The Hall–Kier alpha value is -4.51. The molecule has 6 N–H and O–H groups in total. The second-order valence-electron chi connectivity index (χ2n) is 7.71. The Morgan fingerprint density at radius 1 is 1.11 bits per heavy atom. The molecular formula is C23H21ClN8O3. The third kappa shape index (κ3) is 5.89. The molecule has 1 aliphatic carbocycles. The number of benzene rings is 2. The highest BCUT2D eigenvalue weighted by atomic mass is 35.5. The summed E-state index contributed by atoms with van der Waals surface area (Å²) < 4.78 is 0. The van der Waals surface area contributed by atoms with Gasteiger partial charge >= 0.3 is 5.69 Å². The van der Waals surface area contributed by atoms with Crippen molar-refractivity contribution in [2.75, 3.05) is 10.6 Å². The summed E-state index contributed by atoms with van der Waals surface area (Å²) in [6.45, 7) is 0. The first kappa shape index (κ1) is 23.6. The van der Waals surface area contributed by atoms with Crippen molar-refractivity contribution in [3.8, 4) is 0 Å². The minimum absolute atomic E-state index is 0.0886.